The Morgan fingerprint density at radius 2 is 1.56 bits per heavy atom. The van der Waals surface area contributed by atoms with E-state index in [1.807, 2.05) is 24.3 Å². The van der Waals surface area contributed by atoms with Crippen LogP contribution in [0.2, 0.25) is 0 Å². The molecule has 0 aromatic rings. The van der Waals surface area contributed by atoms with Crippen molar-refractivity contribution in [2.24, 2.45) is 10.8 Å². The Labute approximate surface area is 196 Å². The molecule has 0 aromatic heterocycles. The van der Waals surface area contributed by atoms with E-state index in [1.54, 1.807) is 27.7 Å². The van der Waals surface area contributed by atoms with E-state index in [-0.39, 0.29) is 10.5 Å². The fraction of sp³-hybridized carbons (Fsp3) is 0.667. The maximum Gasteiger partial charge on any atom is 0.309 e. The van der Waals surface area contributed by atoms with Gasteiger partial charge in [-0.2, -0.15) is 0 Å². The Kier molecular flexibility index (Phi) is 9.23. The zero-order valence-electron chi connectivity index (χ0n) is 19.5. The largest absolute Gasteiger partial charge is 0.481 e. The summed E-state index contributed by atoms with van der Waals surface area (Å²) in [5.74, 6) is -1.63. The Balaban J connectivity index is 1.79. The van der Waals surface area contributed by atoms with E-state index in [0.29, 0.717) is 32.1 Å². The molecule has 0 saturated heterocycles. The third kappa shape index (κ3) is 6.98. The van der Waals surface area contributed by atoms with Gasteiger partial charge in [-0.05, 0) is 78.7 Å². The Bertz CT molecular complexity index is 866. The third-order valence-electron chi connectivity index (χ3n) is 6.41. The molecule has 0 fully saturated rings. The summed E-state index contributed by atoms with van der Waals surface area (Å²) < 4.78 is 25.5. The van der Waals surface area contributed by atoms with Crippen LogP contribution in [0.25, 0.3) is 0 Å². The van der Waals surface area contributed by atoms with Gasteiger partial charge in [0.25, 0.3) is 0 Å². The summed E-state index contributed by atoms with van der Waals surface area (Å²) in [7, 11) is -2.25. The highest BCUT2D eigenvalue weighted by Gasteiger charge is 2.30. The van der Waals surface area contributed by atoms with Crippen LogP contribution in [-0.2, 0) is 31.2 Å². The summed E-state index contributed by atoms with van der Waals surface area (Å²) in [5.41, 5.74) is -1.55. The molecule has 2 N–H and O–H groups in total. The fourth-order valence-electron chi connectivity index (χ4n) is 3.83. The summed E-state index contributed by atoms with van der Waals surface area (Å²) in [6.45, 7) is 6.84. The van der Waals surface area contributed by atoms with Crippen LogP contribution in [0, 0.1) is 10.8 Å². The zero-order valence-corrected chi connectivity index (χ0v) is 21.1. The van der Waals surface area contributed by atoms with Gasteiger partial charge in [0.1, 0.15) is 0 Å². The number of hydrogen-bond donors (Lipinski definition) is 2. The molecule has 0 bridgehead atoms. The molecule has 0 amide bonds. The van der Waals surface area contributed by atoms with Crippen molar-refractivity contribution in [1.29, 1.82) is 0 Å². The molecule has 0 radical (unpaired) electrons. The predicted octanol–water partition coefficient (Wildman–Crippen LogP) is 4.91. The molecule has 2 aliphatic heterocycles. The molecule has 0 aliphatic carbocycles. The molecule has 2 rings (SSSR count). The average Bonchev–Trinajstić information content (AvgIpc) is 3.22. The van der Waals surface area contributed by atoms with Gasteiger partial charge in [-0.15, -0.1) is 0 Å². The number of rotatable bonds is 12. The molecule has 4 unspecified atom stereocenters. The highest BCUT2D eigenvalue weighted by molar-refractivity contribution is 7.90. The van der Waals surface area contributed by atoms with Crippen molar-refractivity contribution in [2.45, 2.75) is 89.6 Å². The summed E-state index contributed by atoms with van der Waals surface area (Å²) in [4.78, 5) is 24.1. The van der Waals surface area contributed by atoms with Crippen molar-refractivity contribution in [3.05, 3.63) is 34.1 Å². The highest BCUT2D eigenvalue weighted by atomic mass is 32.2. The monoisotopic (exact) mass is 484 g/mol. The second-order valence-corrected chi connectivity index (χ2v) is 13.4. The number of allylic oxidation sites excluding steroid dienone is 4. The fourth-order valence-corrected chi connectivity index (χ4v) is 6.82. The molecule has 6 nitrogen and oxygen atoms in total. The first-order valence-corrected chi connectivity index (χ1v) is 13.6. The van der Waals surface area contributed by atoms with Crippen LogP contribution in [0.1, 0.15) is 79.1 Å². The molecule has 8 heteroatoms. The van der Waals surface area contributed by atoms with Crippen molar-refractivity contribution in [3.63, 3.8) is 0 Å². The molecule has 0 aromatic carbocycles. The third-order valence-corrected chi connectivity index (χ3v) is 10.0. The molecular weight excluding hydrogens is 448 g/mol. The standard InChI is InChI=1S/C24H36O6S2/c1-23(2,21(25)26)15-5-7-17-9-11-19(31(17)29)13-14-20-12-10-18(32(20)30)8-6-16-24(3,4)22(27)28/h9,12-14,18-19H,5-8,10-11,15-16H2,1-4H3,(H,25,26)(H,27,28). The van der Waals surface area contributed by atoms with Crippen LogP contribution in [0.15, 0.2) is 34.1 Å². The number of carboxylic acid groups (broad SMARTS) is 2. The van der Waals surface area contributed by atoms with E-state index in [2.05, 4.69) is 0 Å². The Morgan fingerprint density at radius 1 is 0.969 bits per heavy atom. The van der Waals surface area contributed by atoms with Gasteiger partial charge in [-0.25, -0.2) is 0 Å². The molecule has 2 heterocycles. The smallest absolute Gasteiger partial charge is 0.309 e. The van der Waals surface area contributed by atoms with E-state index in [9.17, 15) is 28.2 Å². The van der Waals surface area contributed by atoms with E-state index >= 15 is 0 Å². The molecule has 0 spiro atoms. The number of carbonyl (C=O) groups is 2. The van der Waals surface area contributed by atoms with Gasteiger partial charge in [-0.1, -0.05) is 24.6 Å². The predicted molar refractivity (Wildman–Crippen MR) is 129 cm³/mol. The van der Waals surface area contributed by atoms with Gasteiger partial charge in [0, 0.05) is 15.1 Å². The minimum Gasteiger partial charge on any atom is -0.481 e. The summed E-state index contributed by atoms with van der Waals surface area (Å²) in [6.07, 6.45) is 12.9. The van der Waals surface area contributed by atoms with Crippen molar-refractivity contribution < 1.29 is 28.2 Å². The van der Waals surface area contributed by atoms with Gasteiger partial charge in [0.15, 0.2) is 0 Å². The van der Waals surface area contributed by atoms with Crippen molar-refractivity contribution in [3.8, 4) is 0 Å². The highest BCUT2D eigenvalue weighted by Crippen LogP contribution is 2.32. The van der Waals surface area contributed by atoms with E-state index in [4.69, 9.17) is 0 Å². The lowest BCUT2D eigenvalue weighted by Crippen LogP contribution is -2.24. The lowest BCUT2D eigenvalue weighted by molar-refractivity contribution is -0.148. The maximum absolute atomic E-state index is 12.8. The van der Waals surface area contributed by atoms with Crippen molar-refractivity contribution in [2.75, 3.05) is 0 Å². The normalized spacial score (nSPS) is 26.4. The Hall–Kier alpha value is -1.54. The first-order chi connectivity index (χ1) is 14.8. The number of aliphatic carboxylic acids is 2. The van der Waals surface area contributed by atoms with Crippen LogP contribution in [0.3, 0.4) is 0 Å². The topological polar surface area (TPSA) is 109 Å². The Morgan fingerprint density at radius 3 is 2.16 bits per heavy atom. The first kappa shape index (κ1) is 26.7. The van der Waals surface area contributed by atoms with Crippen molar-refractivity contribution in [1.82, 2.24) is 0 Å². The molecule has 32 heavy (non-hydrogen) atoms. The average molecular weight is 485 g/mol. The minimum atomic E-state index is -1.13. The number of hydrogen-bond acceptors (Lipinski definition) is 4. The van der Waals surface area contributed by atoms with Crippen LogP contribution in [0.5, 0.6) is 0 Å². The maximum atomic E-state index is 12.8. The molecular formula is C24H36O6S2. The second-order valence-electron chi connectivity index (χ2n) is 9.99. The second kappa shape index (κ2) is 11.1. The molecule has 180 valence electrons. The van der Waals surface area contributed by atoms with Gasteiger partial charge < -0.3 is 10.2 Å². The quantitative estimate of drug-likeness (QED) is 0.407. The van der Waals surface area contributed by atoms with E-state index in [1.165, 1.54) is 0 Å². The van der Waals surface area contributed by atoms with Gasteiger partial charge in [0.2, 0.25) is 0 Å². The van der Waals surface area contributed by atoms with Crippen LogP contribution in [0.4, 0.5) is 0 Å². The summed E-state index contributed by atoms with van der Waals surface area (Å²) in [5, 5.41) is 18.3. The summed E-state index contributed by atoms with van der Waals surface area (Å²) in [6, 6.07) is 0. The number of carboxylic acids is 2. The van der Waals surface area contributed by atoms with Crippen LogP contribution >= 0.6 is 0 Å². The molecule has 0 saturated carbocycles. The van der Waals surface area contributed by atoms with Gasteiger partial charge in [0.05, 0.1) is 37.7 Å². The lowest BCUT2D eigenvalue weighted by atomic mass is 9.87. The van der Waals surface area contributed by atoms with Crippen LogP contribution in [-0.4, -0.2) is 41.1 Å². The van der Waals surface area contributed by atoms with Gasteiger partial charge in [-0.3, -0.25) is 18.0 Å². The van der Waals surface area contributed by atoms with Crippen LogP contribution < -0.4 is 0 Å². The van der Waals surface area contributed by atoms with Crippen molar-refractivity contribution >= 4 is 33.5 Å². The van der Waals surface area contributed by atoms with E-state index < -0.39 is 44.4 Å². The summed E-state index contributed by atoms with van der Waals surface area (Å²) >= 11 is 0. The molecule has 2 aliphatic rings. The molecule has 4 atom stereocenters. The van der Waals surface area contributed by atoms with E-state index in [0.717, 1.165) is 29.1 Å². The lowest BCUT2D eigenvalue weighted by Gasteiger charge is -2.19. The minimum absolute atomic E-state index is 0.0135. The SMILES string of the molecule is CC(C)(CCCC1=CCC(C=CC2=CCC(CCCC(C)(C)C(=O)O)S2=O)S1=O)C(=O)O. The zero-order chi connectivity index (χ0) is 24.1. The first-order valence-electron chi connectivity index (χ1n) is 11.2. The van der Waals surface area contributed by atoms with Gasteiger partial charge >= 0.3 is 11.9 Å².